The number of hydrogen-bond acceptors (Lipinski definition) is 5. The number of H-pyrrole nitrogens is 1. The minimum atomic E-state index is -3.89. The van der Waals surface area contributed by atoms with Crippen LogP contribution in [0.4, 0.5) is 10.5 Å². The number of aromatic nitrogens is 1. The first-order valence-electron chi connectivity index (χ1n) is 13.3. The van der Waals surface area contributed by atoms with Crippen molar-refractivity contribution < 1.29 is 22.7 Å². The molecule has 4 rings (SSSR count). The predicted molar refractivity (Wildman–Crippen MR) is 155 cm³/mol. The van der Waals surface area contributed by atoms with Gasteiger partial charge in [-0.1, -0.05) is 31.2 Å². The zero-order valence-corrected chi connectivity index (χ0v) is 25.9. The Hall–Kier alpha value is -1.79. The molecule has 0 aliphatic carbocycles. The molecule has 0 bridgehead atoms. The summed E-state index contributed by atoms with van der Waals surface area (Å²) in [5.41, 5.74) is 1.53. The number of ether oxygens (including phenoxy) is 2. The number of piperidine rings is 1. The molecule has 212 valence electrons. The van der Waals surface area contributed by atoms with Gasteiger partial charge in [-0.2, -0.15) is 12.7 Å². The molecular weight excluding hydrogens is 544 g/mol. The molecule has 1 N–H and O–H groups in total. The Morgan fingerprint density at radius 2 is 2.00 bits per heavy atom. The Morgan fingerprint density at radius 3 is 2.68 bits per heavy atom. The van der Waals surface area contributed by atoms with Gasteiger partial charge in [-0.05, 0) is 63.3 Å². The molecule has 1 saturated heterocycles. The van der Waals surface area contributed by atoms with Crippen LogP contribution in [0.2, 0.25) is 30.7 Å². The van der Waals surface area contributed by atoms with Crippen LogP contribution in [0.25, 0.3) is 10.9 Å². The number of nitrogens with zero attached hydrogens (tertiary/aromatic N) is 3. The molecule has 0 spiro atoms. The van der Waals surface area contributed by atoms with Gasteiger partial charge in [0.1, 0.15) is 12.3 Å². The summed E-state index contributed by atoms with van der Waals surface area (Å²) in [6.45, 7) is 14.3. The van der Waals surface area contributed by atoms with E-state index in [1.54, 1.807) is 11.1 Å². The summed E-state index contributed by atoms with van der Waals surface area (Å²) in [5, 5.41) is 1.36. The number of fused-ring (bicyclic) bond motifs is 3. The van der Waals surface area contributed by atoms with Crippen molar-refractivity contribution in [1.29, 1.82) is 0 Å². The average Bonchev–Trinajstić information content (AvgIpc) is 3.28. The van der Waals surface area contributed by atoms with Crippen LogP contribution in [0, 0.1) is 5.92 Å². The SMILES string of the molecule is CC(C)(C)OC(=O)N1CCCC(CN2Cc3cc(Cl)c4cc[nH]c4c3N(COCC[Si](C)(C)C)S2(=O)=O)C1. The minimum Gasteiger partial charge on any atom is -0.444 e. The maximum absolute atomic E-state index is 14.0. The topological polar surface area (TPSA) is 95.2 Å². The first-order chi connectivity index (χ1) is 17.7. The zero-order valence-electron chi connectivity index (χ0n) is 23.3. The van der Waals surface area contributed by atoms with Gasteiger partial charge in [0.05, 0.1) is 16.2 Å². The number of rotatable bonds is 7. The van der Waals surface area contributed by atoms with Crippen molar-refractivity contribution in [2.45, 2.75) is 71.4 Å². The summed E-state index contributed by atoms with van der Waals surface area (Å²) < 4.78 is 42.5. The van der Waals surface area contributed by atoms with E-state index in [0.29, 0.717) is 42.5 Å². The lowest BCUT2D eigenvalue weighted by Gasteiger charge is -2.40. The van der Waals surface area contributed by atoms with E-state index in [2.05, 4.69) is 24.6 Å². The lowest BCUT2D eigenvalue weighted by atomic mass is 9.98. The molecule has 1 aromatic carbocycles. The van der Waals surface area contributed by atoms with Crippen molar-refractivity contribution in [3.63, 3.8) is 0 Å². The zero-order chi connectivity index (χ0) is 27.9. The molecule has 1 fully saturated rings. The number of nitrogens with one attached hydrogen (secondary N) is 1. The van der Waals surface area contributed by atoms with Crippen LogP contribution >= 0.6 is 11.6 Å². The predicted octanol–water partition coefficient (Wildman–Crippen LogP) is 5.65. The molecule has 1 amide bonds. The number of aromatic amines is 1. The number of halogens is 1. The van der Waals surface area contributed by atoms with E-state index >= 15 is 0 Å². The van der Waals surface area contributed by atoms with Crippen LogP contribution in [-0.4, -0.2) is 75.3 Å². The van der Waals surface area contributed by atoms with Gasteiger partial charge in [0.25, 0.3) is 0 Å². The number of hydrogen-bond donors (Lipinski definition) is 1. The number of anilines is 1. The van der Waals surface area contributed by atoms with E-state index in [4.69, 9.17) is 21.1 Å². The molecule has 0 saturated carbocycles. The van der Waals surface area contributed by atoms with Gasteiger partial charge < -0.3 is 19.4 Å². The fourth-order valence-electron chi connectivity index (χ4n) is 4.97. The molecule has 3 heterocycles. The highest BCUT2D eigenvalue weighted by atomic mass is 35.5. The third kappa shape index (κ3) is 6.67. The summed E-state index contributed by atoms with van der Waals surface area (Å²) in [4.78, 5) is 17.6. The van der Waals surface area contributed by atoms with Gasteiger partial charge in [0, 0.05) is 52.4 Å². The quantitative estimate of drug-likeness (QED) is 0.335. The van der Waals surface area contributed by atoms with Gasteiger partial charge in [-0.25, -0.2) is 9.10 Å². The minimum absolute atomic E-state index is 0.00746. The van der Waals surface area contributed by atoms with Gasteiger partial charge >= 0.3 is 16.3 Å². The summed E-state index contributed by atoms with van der Waals surface area (Å²) in [6.07, 6.45) is 3.05. The molecule has 1 unspecified atom stereocenters. The van der Waals surface area contributed by atoms with Crippen LogP contribution in [0.3, 0.4) is 0 Å². The smallest absolute Gasteiger partial charge is 0.410 e. The molecule has 2 aliphatic heterocycles. The second kappa shape index (κ2) is 11.0. The Morgan fingerprint density at radius 1 is 1.26 bits per heavy atom. The van der Waals surface area contributed by atoms with Gasteiger partial charge in [-0.3, -0.25) is 0 Å². The van der Waals surface area contributed by atoms with E-state index in [1.165, 1.54) is 8.61 Å². The first-order valence-corrected chi connectivity index (χ1v) is 18.8. The number of carbonyl (C=O) groups excluding carboxylic acids is 1. The highest BCUT2D eigenvalue weighted by molar-refractivity contribution is 7.90. The van der Waals surface area contributed by atoms with Crippen LogP contribution in [0.5, 0.6) is 0 Å². The fourth-order valence-corrected chi connectivity index (χ4v) is 7.64. The molecular formula is C26H41ClN4O5SSi. The standard InChI is InChI=1S/C26H41ClN4O5SSi/c1-26(2,3)36-25(32)29-11-7-8-19(15-29)16-30-17-20-14-22(27)21-9-10-28-23(21)24(20)31(37(30,33)34)18-35-12-13-38(4,5)6/h9-10,14,19,28H,7-8,11-13,15-18H2,1-6H3. The number of likely N-dealkylation sites (tertiary alicyclic amines) is 1. The second-order valence-electron chi connectivity index (χ2n) is 12.6. The number of amides is 1. The third-order valence-corrected chi connectivity index (χ3v) is 10.7. The molecule has 9 nitrogen and oxygen atoms in total. The lowest BCUT2D eigenvalue weighted by Crippen LogP contribution is -2.52. The average molecular weight is 585 g/mol. The molecule has 12 heteroatoms. The van der Waals surface area contributed by atoms with E-state index in [9.17, 15) is 13.2 Å². The van der Waals surface area contributed by atoms with Gasteiger partial charge in [-0.15, -0.1) is 0 Å². The second-order valence-corrected chi connectivity index (χ2v) is 20.4. The van der Waals surface area contributed by atoms with Crippen LogP contribution < -0.4 is 4.31 Å². The van der Waals surface area contributed by atoms with E-state index < -0.39 is 23.9 Å². The van der Waals surface area contributed by atoms with Crippen LogP contribution in [-0.2, 0) is 26.2 Å². The van der Waals surface area contributed by atoms with Crippen molar-refractivity contribution in [1.82, 2.24) is 14.2 Å². The summed E-state index contributed by atoms with van der Waals surface area (Å²) in [6, 6.07) is 4.66. The monoisotopic (exact) mass is 584 g/mol. The third-order valence-electron chi connectivity index (χ3n) is 6.88. The molecule has 2 aromatic rings. The van der Waals surface area contributed by atoms with Crippen molar-refractivity contribution >= 4 is 52.6 Å². The normalized spacial score (nSPS) is 20.6. The van der Waals surface area contributed by atoms with E-state index in [1.807, 2.05) is 32.9 Å². The highest BCUT2D eigenvalue weighted by Gasteiger charge is 2.40. The Labute approximate surface area is 232 Å². The number of carbonyl (C=O) groups is 1. The molecule has 0 radical (unpaired) electrons. The van der Waals surface area contributed by atoms with Gasteiger partial charge in [0.2, 0.25) is 0 Å². The maximum atomic E-state index is 14.0. The largest absolute Gasteiger partial charge is 0.444 e. The van der Waals surface area contributed by atoms with Crippen LogP contribution in [0.15, 0.2) is 18.3 Å². The molecule has 1 atom stereocenters. The molecule has 2 aliphatic rings. The Balaban J connectivity index is 1.58. The molecule has 1 aromatic heterocycles. The Kier molecular flexibility index (Phi) is 8.45. The van der Waals surface area contributed by atoms with Crippen molar-refractivity contribution in [2.75, 3.05) is 37.3 Å². The van der Waals surface area contributed by atoms with Gasteiger partial charge in [0.15, 0.2) is 0 Å². The summed E-state index contributed by atoms with van der Waals surface area (Å²) in [7, 11) is -5.22. The first kappa shape index (κ1) is 29.2. The van der Waals surface area contributed by atoms with Crippen molar-refractivity contribution in [3.05, 3.63) is 28.9 Å². The van der Waals surface area contributed by atoms with Crippen molar-refractivity contribution in [2.24, 2.45) is 5.92 Å². The molecule has 38 heavy (non-hydrogen) atoms. The van der Waals surface area contributed by atoms with E-state index in [-0.39, 0.29) is 25.3 Å². The summed E-state index contributed by atoms with van der Waals surface area (Å²) >= 11 is 6.59. The van der Waals surface area contributed by atoms with Crippen molar-refractivity contribution in [3.8, 4) is 0 Å². The maximum Gasteiger partial charge on any atom is 0.410 e. The van der Waals surface area contributed by atoms with Crippen LogP contribution in [0.1, 0.15) is 39.2 Å². The van der Waals surface area contributed by atoms with E-state index in [0.717, 1.165) is 29.8 Å². The summed E-state index contributed by atoms with van der Waals surface area (Å²) in [5.74, 6) is -0.00746. The highest BCUT2D eigenvalue weighted by Crippen LogP contribution is 2.41. The fraction of sp³-hybridized carbons (Fsp3) is 0.654. The lowest BCUT2D eigenvalue weighted by molar-refractivity contribution is 0.0156. The Bertz CT molecular complexity index is 1270. The number of benzene rings is 1.